The molecule has 2 fully saturated rings. The van der Waals surface area contributed by atoms with Crippen LogP contribution < -0.4 is 10.5 Å². The summed E-state index contributed by atoms with van der Waals surface area (Å²) in [6, 6.07) is 4.29. The number of sulfonamides is 1. The van der Waals surface area contributed by atoms with Gasteiger partial charge in [-0.2, -0.15) is 0 Å². The second-order valence-electron chi connectivity index (χ2n) is 6.45. The van der Waals surface area contributed by atoms with Crippen LogP contribution in [0, 0.1) is 10.1 Å². The number of anilines is 1. The molecule has 1 atom stereocenters. The molecule has 0 unspecified atom stereocenters. The van der Waals surface area contributed by atoms with Crippen LogP contribution in [-0.4, -0.2) is 56.6 Å². The van der Waals surface area contributed by atoms with E-state index >= 15 is 0 Å². The van der Waals surface area contributed by atoms with E-state index in [1.165, 1.54) is 12.1 Å². The van der Waals surface area contributed by atoms with E-state index in [-0.39, 0.29) is 16.6 Å². The predicted molar refractivity (Wildman–Crippen MR) is 91.9 cm³/mol. The topological polar surface area (TPSA) is 128 Å². The summed E-state index contributed by atoms with van der Waals surface area (Å²) in [5, 5.41) is 19.5. The number of likely N-dealkylation sites (tertiary alicyclic amines) is 1. The van der Waals surface area contributed by atoms with Gasteiger partial charge in [-0.15, -0.1) is 0 Å². The van der Waals surface area contributed by atoms with Gasteiger partial charge >= 0.3 is 0 Å². The first-order chi connectivity index (χ1) is 11.8. The molecule has 138 valence electrons. The van der Waals surface area contributed by atoms with Gasteiger partial charge in [-0.05, 0) is 31.4 Å². The van der Waals surface area contributed by atoms with Gasteiger partial charge in [0.05, 0.1) is 9.82 Å². The van der Waals surface area contributed by atoms with Crippen molar-refractivity contribution < 1.29 is 18.1 Å². The van der Waals surface area contributed by atoms with Gasteiger partial charge in [-0.1, -0.05) is 0 Å². The van der Waals surface area contributed by atoms with E-state index in [4.69, 9.17) is 9.88 Å². The zero-order chi connectivity index (χ0) is 18.0. The number of benzene rings is 1. The minimum absolute atomic E-state index is 0.0851. The zero-order valence-electron chi connectivity index (χ0n) is 13.8. The van der Waals surface area contributed by atoms with Crippen LogP contribution in [0.4, 0.5) is 11.4 Å². The van der Waals surface area contributed by atoms with Crippen molar-refractivity contribution in [1.82, 2.24) is 4.90 Å². The summed E-state index contributed by atoms with van der Waals surface area (Å²) >= 11 is 0. The van der Waals surface area contributed by atoms with Crippen LogP contribution >= 0.6 is 0 Å². The Labute approximate surface area is 146 Å². The van der Waals surface area contributed by atoms with E-state index in [1.54, 1.807) is 0 Å². The number of nitrogens with two attached hydrogens (primary N) is 1. The van der Waals surface area contributed by atoms with Crippen LogP contribution in [0.3, 0.4) is 0 Å². The first-order valence-electron chi connectivity index (χ1n) is 8.24. The molecule has 3 N–H and O–H groups in total. The second-order valence-corrected chi connectivity index (χ2v) is 8.01. The van der Waals surface area contributed by atoms with Crippen molar-refractivity contribution in [3.8, 4) is 0 Å². The van der Waals surface area contributed by atoms with Crippen molar-refractivity contribution in [2.24, 2.45) is 5.14 Å². The Bertz CT molecular complexity index is 748. The highest BCUT2D eigenvalue weighted by molar-refractivity contribution is 7.89. The highest BCUT2D eigenvalue weighted by Gasteiger charge is 2.30. The Balaban J connectivity index is 1.71. The number of nitrogens with zero attached hydrogens (tertiary/aromatic N) is 2. The molecular formula is C15H22N4O5S. The van der Waals surface area contributed by atoms with Gasteiger partial charge in [0.2, 0.25) is 10.0 Å². The molecule has 0 bridgehead atoms. The molecule has 0 aliphatic carbocycles. The molecule has 25 heavy (non-hydrogen) atoms. The van der Waals surface area contributed by atoms with Crippen LogP contribution in [-0.2, 0) is 14.8 Å². The Morgan fingerprint density at radius 3 is 2.64 bits per heavy atom. The molecule has 2 heterocycles. The number of hydrogen-bond acceptors (Lipinski definition) is 7. The number of rotatable bonds is 5. The van der Waals surface area contributed by atoms with E-state index in [1.807, 2.05) is 0 Å². The van der Waals surface area contributed by atoms with E-state index in [0.29, 0.717) is 11.7 Å². The van der Waals surface area contributed by atoms with Gasteiger partial charge in [-0.3, -0.25) is 15.0 Å². The Hall–Kier alpha value is -1.75. The lowest BCUT2D eigenvalue weighted by Crippen LogP contribution is -2.39. The predicted octanol–water partition coefficient (Wildman–Crippen LogP) is 0.907. The molecule has 2 saturated heterocycles. The van der Waals surface area contributed by atoms with Gasteiger partial charge in [0.15, 0.2) is 0 Å². The Morgan fingerprint density at radius 2 is 2.00 bits per heavy atom. The molecule has 1 aromatic rings. The summed E-state index contributed by atoms with van der Waals surface area (Å²) in [5.74, 6) is 0. The number of nitro groups is 1. The van der Waals surface area contributed by atoms with Crippen LogP contribution in [0.25, 0.3) is 0 Å². The number of ether oxygens (including phenoxy) is 1. The first kappa shape index (κ1) is 18.1. The van der Waals surface area contributed by atoms with Gasteiger partial charge in [0, 0.05) is 44.5 Å². The fourth-order valence-electron chi connectivity index (χ4n) is 3.47. The molecule has 9 nitrogen and oxygen atoms in total. The molecule has 0 aromatic heterocycles. The van der Waals surface area contributed by atoms with Gasteiger partial charge in [-0.25, -0.2) is 13.6 Å². The van der Waals surface area contributed by atoms with Crippen molar-refractivity contribution in [2.45, 2.75) is 36.2 Å². The quantitative estimate of drug-likeness (QED) is 0.582. The normalized spacial score (nSPS) is 22.8. The molecule has 1 aromatic carbocycles. The third-order valence-corrected chi connectivity index (χ3v) is 5.69. The fraction of sp³-hybridized carbons (Fsp3) is 0.600. The highest BCUT2D eigenvalue weighted by atomic mass is 32.2. The molecule has 0 spiro atoms. The molecule has 2 aliphatic rings. The smallest absolute Gasteiger partial charge is 0.293 e. The molecule has 3 rings (SSSR count). The van der Waals surface area contributed by atoms with Crippen LogP contribution in [0.15, 0.2) is 23.1 Å². The second kappa shape index (κ2) is 7.24. The fourth-order valence-corrected chi connectivity index (χ4v) is 4.00. The average Bonchev–Trinajstić information content (AvgIpc) is 3.03. The summed E-state index contributed by atoms with van der Waals surface area (Å²) in [4.78, 5) is 12.8. The SMILES string of the molecule is NS(=O)(=O)c1ccc(N[C@H]2CCN(C3CCOCC3)C2)c([N+](=O)[O-])c1. The average molecular weight is 370 g/mol. The van der Waals surface area contributed by atoms with E-state index in [2.05, 4.69) is 10.2 Å². The molecular weight excluding hydrogens is 348 g/mol. The van der Waals surface area contributed by atoms with Gasteiger partial charge in [0.1, 0.15) is 5.69 Å². The number of nitrogens with one attached hydrogen (secondary N) is 1. The van der Waals surface area contributed by atoms with Crippen LogP contribution in [0.2, 0.25) is 0 Å². The Morgan fingerprint density at radius 1 is 1.28 bits per heavy atom. The third kappa shape index (κ3) is 4.27. The van der Waals surface area contributed by atoms with E-state index in [9.17, 15) is 18.5 Å². The minimum atomic E-state index is -3.98. The maximum atomic E-state index is 11.4. The summed E-state index contributed by atoms with van der Waals surface area (Å²) in [6.45, 7) is 3.30. The molecule has 2 aliphatic heterocycles. The largest absolute Gasteiger partial charge is 0.381 e. The number of primary sulfonamides is 1. The molecule has 10 heteroatoms. The summed E-state index contributed by atoms with van der Waals surface area (Å²) < 4.78 is 28.2. The van der Waals surface area contributed by atoms with Crippen molar-refractivity contribution in [3.05, 3.63) is 28.3 Å². The van der Waals surface area contributed by atoms with Crippen LogP contribution in [0.1, 0.15) is 19.3 Å². The molecule has 0 radical (unpaired) electrons. The third-order valence-electron chi connectivity index (χ3n) is 4.78. The maximum Gasteiger partial charge on any atom is 0.293 e. The summed E-state index contributed by atoms with van der Waals surface area (Å²) in [6.07, 6.45) is 2.90. The Kier molecular flexibility index (Phi) is 5.23. The van der Waals surface area contributed by atoms with Crippen molar-refractivity contribution in [1.29, 1.82) is 0 Å². The minimum Gasteiger partial charge on any atom is -0.381 e. The lowest BCUT2D eigenvalue weighted by Gasteiger charge is -2.31. The summed E-state index contributed by atoms with van der Waals surface area (Å²) in [5.41, 5.74) is 0.0345. The van der Waals surface area contributed by atoms with Crippen molar-refractivity contribution >= 4 is 21.4 Å². The maximum absolute atomic E-state index is 11.4. The van der Waals surface area contributed by atoms with E-state index < -0.39 is 14.9 Å². The monoisotopic (exact) mass is 370 g/mol. The van der Waals surface area contributed by atoms with Crippen LogP contribution in [0.5, 0.6) is 0 Å². The lowest BCUT2D eigenvalue weighted by atomic mass is 10.1. The number of hydrogen-bond donors (Lipinski definition) is 2. The van der Waals surface area contributed by atoms with Crippen molar-refractivity contribution in [3.63, 3.8) is 0 Å². The highest BCUT2D eigenvalue weighted by Crippen LogP contribution is 2.30. The number of nitro benzene ring substituents is 1. The molecule has 0 saturated carbocycles. The lowest BCUT2D eigenvalue weighted by molar-refractivity contribution is -0.384. The van der Waals surface area contributed by atoms with Gasteiger partial charge in [0.25, 0.3) is 5.69 Å². The first-order valence-corrected chi connectivity index (χ1v) is 9.79. The molecule has 0 amide bonds. The zero-order valence-corrected chi connectivity index (χ0v) is 14.6. The van der Waals surface area contributed by atoms with E-state index in [0.717, 1.165) is 51.6 Å². The van der Waals surface area contributed by atoms with Gasteiger partial charge < -0.3 is 10.1 Å². The van der Waals surface area contributed by atoms with Crippen molar-refractivity contribution in [2.75, 3.05) is 31.6 Å². The summed E-state index contributed by atoms with van der Waals surface area (Å²) in [7, 11) is -3.98. The standard InChI is InChI=1S/C15H22N4O5S/c16-25(22,23)13-1-2-14(15(9-13)19(20)21)17-11-3-6-18(10-11)12-4-7-24-8-5-12/h1-2,9,11-12,17H,3-8,10H2,(H2,16,22,23)/t11-/m0/s1.